The number of ketones is 1. The lowest BCUT2D eigenvalue weighted by atomic mass is 9.99. The summed E-state index contributed by atoms with van der Waals surface area (Å²) in [4.78, 5) is 36.5. The van der Waals surface area contributed by atoms with E-state index in [-0.39, 0.29) is 18.2 Å². The molecule has 1 atom stereocenters. The topological polar surface area (TPSA) is 66.5 Å². The van der Waals surface area contributed by atoms with E-state index < -0.39 is 17.2 Å². The minimum Gasteiger partial charge on any atom is -0.347 e. The molecule has 104 valence electrons. The third-order valence-corrected chi connectivity index (χ3v) is 2.85. The van der Waals surface area contributed by atoms with E-state index in [1.807, 2.05) is 13.8 Å². The highest BCUT2D eigenvalue weighted by Crippen LogP contribution is 2.09. The number of hydrogen-bond donors (Lipinski definition) is 1. The minimum atomic E-state index is -1.06. The Morgan fingerprint density at radius 1 is 1.22 bits per heavy atom. The summed E-state index contributed by atoms with van der Waals surface area (Å²) in [5, 5.41) is 2.49. The van der Waals surface area contributed by atoms with Gasteiger partial charge in [-0.25, -0.2) is 0 Å². The zero-order chi connectivity index (χ0) is 14.5. The van der Waals surface area contributed by atoms with E-state index in [0.29, 0.717) is 0 Å². The van der Waals surface area contributed by atoms with Gasteiger partial charge in [0.05, 0.1) is 0 Å². The van der Waals surface area contributed by atoms with Gasteiger partial charge in [0.15, 0.2) is 0 Å². The number of nitrogens with zero attached hydrogens (tertiary/aromatic N) is 1. The van der Waals surface area contributed by atoms with Crippen molar-refractivity contribution in [3.8, 4) is 0 Å². The van der Waals surface area contributed by atoms with Gasteiger partial charge in [-0.05, 0) is 19.8 Å². The van der Waals surface area contributed by atoms with Gasteiger partial charge < -0.3 is 10.2 Å². The molecule has 0 aliphatic carbocycles. The van der Waals surface area contributed by atoms with Gasteiger partial charge in [-0.2, -0.15) is 0 Å². The van der Waals surface area contributed by atoms with E-state index in [2.05, 4.69) is 5.32 Å². The van der Waals surface area contributed by atoms with E-state index in [1.54, 1.807) is 27.9 Å². The molecule has 1 N–H and O–H groups in total. The van der Waals surface area contributed by atoms with Gasteiger partial charge >= 0.3 is 0 Å². The summed E-state index contributed by atoms with van der Waals surface area (Å²) < 4.78 is 0. The minimum absolute atomic E-state index is 0.177. The van der Waals surface area contributed by atoms with Crippen LogP contribution in [0.4, 0.5) is 0 Å². The Balaban J connectivity index is 4.56. The fourth-order valence-corrected chi connectivity index (χ4v) is 1.52. The Bertz CT molecular complexity index is 335. The van der Waals surface area contributed by atoms with Crippen LogP contribution >= 0.6 is 0 Å². The maximum absolute atomic E-state index is 11.8. The van der Waals surface area contributed by atoms with Crippen LogP contribution in [0.2, 0.25) is 0 Å². The van der Waals surface area contributed by atoms with Crippen molar-refractivity contribution in [2.45, 2.75) is 46.1 Å². The molecule has 5 heteroatoms. The molecular formula is C13H24N2O3. The molecule has 5 nitrogen and oxygen atoms in total. The van der Waals surface area contributed by atoms with Crippen molar-refractivity contribution in [1.29, 1.82) is 0 Å². The molecule has 18 heavy (non-hydrogen) atoms. The highest BCUT2D eigenvalue weighted by Gasteiger charge is 2.32. The Morgan fingerprint density at radius 2 is 1.72 bits per heavy atom. The number of rotatable bonds is 6. The van der Waals surface area contributed by atoms with Crippen LogP contribution in [0.15, 0.2) is 0 Å². The number of Topliss-reactive ketones (excluding diaryl/α,β-unsaturated/α-hetero) is 1. The quantitative estimate of drug-likeness (QED) is 0.720. The monoisotopic (exact) mass is 256 g/mol. The third kappa shape index (κ3) is 4.85. The summed E-state index contributed by atoms with van der Waals surface area (Å²) in [5.41, 5.74) is -1.06. The average Bonchev–Trinajstić information content (AvgIpc) is 2.26. The standard InChI is InChI=1S/C13H24N2O3/c1-7-9(2)8-10(16)11(17)14-13(3,4)12(18)15(5)6/h9H,7-8H2,1-6H3,(H,14,17). The van der Waals surface area contributed by atoms with Crippen molar-refractivity contribution in [3.05, 3.63) is 0 Å². The molecule has 0 heterocycles. The summed E-state index contributed by atoms with van der Waals surface area (Å²) in [6.07, 6.45) is 1.06. The van der Waals surface area contributed by atoms with E-state index in [1.165, 1.54) is 4.90 Å². The molecule has 0 aliphatic rings. The van der Waals surface area contributed by atoms with Crippen LogP contribution in [0.1, 0.15) is 40.5 Å². The average molecular weight is 256 g/mol. The predicted molar refractivity (Wildman–Crippen MR) is 70.0 cm³/mol. The van der Waals surface area contributed by atoms with Crippen LogP contribution in [0.5, 0.6) is 0 Å². The van der Waals surface area contributed by atoms with Crippen LogP contribution in [-0.4, -0.2) is 42.1 Å². The van der Waals surface area contributed by atoms with E-state index in [0.717, 1.165) is 6.42 Å². The summed E-state index contributed by atoms with van der Waals surface area (Å²) in [7, 11) is 3.22. The highest BCUT2D eigenvalue weighted by atomic mass is 16.2. The van der Waals surface area contributed by atoms with Gasteiger partial charge in [-0.15, -0.1) is 0 Å². The van der Waals surface area contributed by atoms with Gasteiger partial charge in [0.25, 0.3) is 5.91 Å². The number of nitrogens with one attached hydrogen (secondary N) is 1. The van der Waals surface area contributed by atoms with E-state index in [4.69, 9.17) is 0 Å². The molecule has 0 bridgehead atoms. The SMILES string of the molecule is CCC(C)CC(=O)C(=O)NC(C)(C)C(=O)N(C)C. The first-order valence-electron chi connectivity index (χ1n) is 6.18. The van der Waals surface area contributed by atoms with Gasteiger partial charge in [-0.3, -0.25) is 14.4 Å². The van der Waals surface area contributed by atoms with Crippen molar-refractivity contribution in [2.75, 3.05) is 14.1 Å². The Labute approximate surface area is 109 Å². The molecule has 0 radical (unpaired) electrons. The molecule has 0 aromatic heterocycles. The van der Waals surface area contributed by atoms with Crippen molar-refractivity contribution < 1.29 is 14.4 Å². The molecule has 0 aromatic carbocycles. The fraction of sp³-hybridized carbons (Fsp3) is 0.769. The molecule has 0 rings (SSSR count). The Kier molecular flexibility index (Phi) is 6.01. The molecule has 0 spiro atoms. The van der Waals surface area contributed by atoms with Crippen LogP contribution in [0, 0.1) is 5.92 Å². The lowest BCUT2D eigenvalue weighted by molar-refractivity contribution is -0.143. The fourth-order valence-electron chi connectivity index (χ4n) is 1.52. The maximum Gasteiger partial charge on any atom is 0.288 e. The molecule has 0 aromatic rings. The number of carbonyl (C=O) groups excluding carboxylic acids is 3. The van der Waals surface area contributed by atoms with Crippen molar-refractivity contribution in [3.63, 3.8) is 0 Å². The number of carbonyl (C=O) groups is 3. The van der Waals surface area contributed by atoms with E-state index in [9.17, 15) is 14.4 Å². The van der Waals surface area contributed by atoms with Crippen LogP contribution < -0.4 is 5.32 Å². The Morgan fingerprint density at radius 3 is 2.11 bits per heavy atom. The van der Waals surface area contributed by atoms with Gasteiger partial charge in [-0.1, -0.05) is 20.3 Å². The number of hydrogen-bond acceptors (Lipinski definition) is 3. The summed E-state index contributed by atoms with van der Waals surface area (Å²) in [6.45, 7) is 7.06. The van der Waals surface area contributed by atoms with Crippen LogP contribution in [0.25, 0.3) is 0 Å². The summed E-state index contributed by atoms with van der Waals surface area (Å²) in [6, 6.07) is 0. The molecule has 1 unspecified atom stereocenters. The van der Waals surface area contributed by atoms with Crippen molar-refractivity contribution in [2.24, 2.45) is 5.92 Å². The van der Waals surface area contributed by atoms with Gasteiger partial charge in [0.2, 0.25) is 11.7 Å². The normalized spacial score (nSPS) is 12.8. The lowest BCUT2D eigenvalue weighted by Crippen LogP contribution is -2.55. The molecule has 0 saturated carbocycles. The highest BCUT2D eigenvalue weighted by molar-refractivity contribution is 6.36. The maximum atomic E-state index is 11.8. The number of likely N-dealkylation sites (N-methyl/N-ethyl adjacent to an activating group) is 1. The number of amides is 2. The summed E-state index contributed by atoms with van der Waals surface area (Å²) in [5.74, 6) is -1.22. The second-order valence-electron chi connectivity index (χ2n) is 5.42. The first-order valence-corrected chi connectivity index (χ1v) is 6.18. The summed E-state index contributed by atoms with van der Waals surface area (Å²) >= 11 is 0. The van der Waals surface area contributed by atoms with Gasteiger partial charge in [0, 0.05) is 20.5 Å². The second kappa shape index (κ2) is 6.52. The van der Waals surface area contributed by atoms with Crippen molar-refractivity contribution in [1.82, 2.24) is 10.2 Å². The molecule has 0 fully saturated rings. The van der Waals surface area contributed by atoms with Crippen molar-refractivity contribution >= 4 is 17.6 Å². The third-order valence-electron chi connectivity index (χ3n) is 2.85. The molecule has 0 saturated heterocycles. The first-order chi connectivity index (χ1) is 8.11. The van der Waals surface area contributed by atoms with Crippen LogP contribution in [-0.2, 0) is 14.4 Å². The zero-order valence-corrected chi connectivity index (χ0v) is 12.2. The predicted octanol–water partition coefficient (Wildman–Crippen LogP) is 0.975. The second-order valence-corrected chi connectivity index (χ2v) is 5.42. The Hall–Kier alpha value is -1.39. The van der Waals surface area contributed by atoms with Crippen LogP contribution in [0.3, 0.4) is 0 Å². The van der Waals surface area contributed by atoms with E-state index >= 15 is 0 Å². The molecular weight excluding hydrogens is 232 g/mol. The zero-order valence-electron chi connectivity index (χ0n) is 12.2. The largest absolute Gasteiger partial charge is 0.347 e. The smallest absolute Gasteiger partial charge is 0.288 e. The molecule has 2 amide bonds. The molecule has 0 aliphatic heterocycles. The first kappa shape index (κ1) is 16.6. The van der Waals surface area contributed by atoms with Gasteiger partial charge in [0.1, 0.15) is 5.54 Å². The lowest BCUT2D eigenvalue weighted by Gasteiger charge is -2.27.